The number of nitrogen functional groups attached to an aromatic ring is 1. The van der Waals surface area contributed by atoms with E-state index in [1.807, 2.05) is 22.8 Å². The molecule has 0 saturated carbocycles. The number of nitrogens with two attached hydrogens (primary N) is 1. The van der Waals surface area contributed by atoms with Gasteiger partial charge in [0.2, 0.25) is 0 Å². The third kappa shape index (κ3) is 2.73. The molecule has 1 heterocycles. The van der Waals surface area contributed by atoms with E-state index in [4.69, 9.17) is 10.5 Å². The summed E-state index contributed by atoms with van der Waals surface area (Å²) in [7, 11) is 1.67. The molecule has 0 unspecified atom stereocenters. The van der Waals surface area contributed by atoms with Gasteiger partial charge in [0, 0.05) is 19.3 Å². The summed E-state index contributed by atoms with van der Waals surface area (Å²) >= 11 is 0. The molecule has 90 valence electrons. The molecule has 0 bridgehead atoms. The Bertz CT molecular complexity index is 469. The number of hydrogen-bond acceptors (Lipinski definition) is 5. The number of anilines is 2. The summed E-state index contributed by atoms with van der Waals surface area (Å²) < 4.78 is 6.81. The van der Waals surface area contributed by atoms with Crippen LogP contribution < -0.4 is 11.1 Å². The lowest BCUT2D eigenvalue weighted by molar-refractivity contribution is 0.211. The maximum atomic E-state index is 5.78. The fraction of sp³-hybridized carbons (Fsp3) is 0.273. The van der Waals surface area contributed by atoms with E-state index in [2.05, 4.69) is 15.5 Å². The molecule has 0 aliphatic heterocycles. The molecule has 0 aliphatic rings. The third-order valence-electron chi connectivity index (χ3n) is 2.34. The van der Waals surface area contributed by atoms with Gasteiger partial charge >= 0.3 is 0 Å². The standard InChI is InChI=1S/C11H15N5O/c1-17-5-4-13-10-3-2-9(12)6-11(10)16-7-14-15-8-16/h2-3,6-8,13H,4-5,12H2,1H3. The molecule has 6 heteroatoms. The van der Waals surface area contributed by atoms with E-state index in [0.717, 1.165) is 17.9 Å². The Morgan fingerprint density at radius 2 is 2.12 bits per heavy atom. The summed E-state index contributed by atoms with van der Waals surface area (Å²) in [5.41, 5.74) is 8.37. The van der Waals surface area contributed by atoms with E-state index in [1.54, 1.807) is 19.8 Å². The number of ether oxygens (including phenoxy) is 1. The average molecular weight is 233 g/mol. The molecule has 1 aromatic carbocycles. The van der Waals surface area contributed by atoms with Crippen LogP contribution >= 0.6 is 0 Å². The SMILES string of the molecule is COCCNc1ccc(N)cc1-n1cnnc1. The van der Waals surface area contributed by atoms with E-state index < -0.39 is 0 Å². The van der Waals surface area contributed by atoms with Gasteiger partial charge in [-0.3, -0.25) is 4.57 Å². The number of methoxy groups -OCH3 is 1. The summed E-state index contributed by atoms with van der Waals surface area (Å²) in [6, 6.07) is 5.65. The Balaban J connectivity index is 2.25. The minimum atomic E-state index is 0.645. The predicted octanol–water partition coefficient (Wildman–Crippen LogP) is 0.908. The normalized spacial score (nSPS) is 10.4. The second-order valence-corrected chi connectivity index (χ2v) is 3.57. The summed E-state index contributed by atoms with van der Waals surface area (Å²) in [6.45, 7) is 1.38. The molecular weight excluding hydrogens is 218 g/mol. The molecule has 0 spiro atoms. The molecule has 17 heavy (non-hydrogen) atoms. The van der Waals surface area contributed by atoms with E-state index in [0.29, 0.717) is 12.3 Å². The van der Waals surface area contributed by atoms with Gasteiger partial charge in [-0.25, -0.2) is 0 Å². The molecule has 1 aromatic heterocycles. The monoisotopic (exact) mass is 233 g/mol. The quantitative estimate of drug-likeness (QED) is 0.593. The van der Waals surface area contributed by atoms with Crippen LogP contribution in [0.1, 0.15) is 0 Å². The molecule has 0 saturated heterocycles. The summed E-state index contributed by atoms with van der Waals surface area (Å²) in [4.78, 5) is 0. The first kappa shape index (κ1) is 11.4. The Morgan fingerprint density at radius 3 is 2.82 bits per heavy atom. The maximum Gasteiger partial charge on any atom is 0.123 e. The Hall–Kier alpha value is -2.08. The largest absolute Gasteiger partial charge is 0.399 e. The van der Waals surface area contributed by atoms with Gasteiger partial charge in [0.25, 0.3) is 0 Å². The van der Waals surface area contributed by atoms with Crippen LogP contribution in [0, 0.1) is 0 Å². The second-order valence-electron chi connectivity index (χ2n) is 3.57. The Labute approximate surface area is 99.4 Å². The zero-order valence-electron chi connectivity index (χ0n) is 9.63. The molecule has 0 atom stereocenters. The van der Waals surface area contributed by atoms with Crippen molar-refractivity contribution in [3.05, 3.63) is 30.9 Å². The van der Waals surface area contributed by atoms with Crippen molar-refractivity contribution in [2.45, 2.75) is 0 Å². The van der Waals surface area contributed by atoms with Crippen molar-refractivity contribution in [1.82, 2.24) is 14.8 Å². The van der Waals surface area contributed by atoms with Gasteiger partial charge < -0.3 is 15.8 Å². The minimum absolute atomic E-state index is 0.645. The third-order valence-corrected chi connectivity index (χ3v) is 2.34. The van der Waals surface area contributed by atoms with Crippen LogP contribution in [0.15, 0.2) is 30.9 Å². The van der Waals surface area contributed by atoms with Crippen molar-refractivity contribution < 1.29 is 4.74 Å². The number of benzene rings is 1. The van der Waals surface area contributed by atoms with Crippen molar-refractivity contribution in [3.8, 4) is 5.69 Å². The summed E-state index contributed by atoms with van der Waals surface area (Å²) in [5, 5.41) is 10.8. The first-order valence-corrected chi connectivity index (χ1v) is 5.28. The van der Waals surface area contributed by atoms with Gasteiger partial charge in [0.1, 0.15) is 12.7 Å². The van der Waals surface area contributed by atoms with Crippen molar-refractivity contribution in [1.29, 1.82) is 0 Å². The molecular formula is C11H15N5O. The Morgan fingerprint density at radius 1 is 1.35 bits per heavy atom. The smallest absolute Gasteiger partial charge is 0.123 e. The van der Waals surface area contributed by atoms with E-state index >= 15 is 0 Å². The number of nitrogens with zero attached hydrogens (tertiary/aromatic N) is 3. The molecule has 0 fully saturated rings. The molecule has 2 aromatic rings. The number of aromatic nitrogens is 3. The molecule has 6 nitrogen and oxygen atoms in total. The van der Waals surface area contributed by atoms with E-state index in [9.17, 15) is 0 Å². The van der Waals surface area contributed by atoms with Crippen molar-refractivity contribution in [2.24, 2.45) is 0 Å². The van der Waals surface area contributed by atoms with E-state index in [1.165, 1.54) is 0 Å². The van der Waals surface area contributed by atoms with Crippen LogP contribution in [0.5, 0.6) is 0 Å². The van der Waals surface area contributed by atoms with Crippen LogP contribution in [0.2, 0.25) is 0 Å². The van der Waals surface area contributed by atoms with Crippen LogP contribution in [0.25, 0.3) is 5.69 Å². The highest BCUT2D eigenvalue weighted by atomic mass is 16.5. The van der Waals surface area contributed by atoms with Crippen LogP contribution in [-0.2, 0) is 4.74 Å². The number of hydrogen-bond donors (Lipinski definition) is 2. The second kappa shape index (κ2) is 5.31. The van der Waals surface area contributed by atoms with Gasteiger partial charge in [-0.05, 0) is 18.2 Å². The summed E-state index contributed by atoms with van der Waals surface area (Å²) in [5.74, 6) is 0. The molecule has 0 radical (unpaired) electrons. The van der Waals surface area contributed by atoms with Crippen LogP contribution in [0.3, 0.4) is 0 Å². The van der Waals surface area contributed by atoms with Crippen molar-refractivity contribution >= 4 is 11.4 Å². The minimum Gasteiger partial charge on any atom is -0.399 e. The first-order valence-electron chi connectivity index (χ1n) is 5.28. The average Bonchev–Trinajstić information content (AvgIpc) is 2.85. The fourth-order valence-corrected chi connectivity index (χ4v) is 1.52. The van der Waals surface area contributed by atoms with Gasteiger partial charge in [-0.15, -0.1) is 10.2 Å². The van der Waals surface area contributed by atoms with Crippen LogP contribution in [-0.4, -0.2) is 35.0 Å². The van der Waals surface area contributed by atoms with Crippen LogP contribution in [0.4, 0.5) is 11.4 Å². The molecule has 0 amide bonds. The Kier molecular flexibility index (Phi) is 3.56. The first-order chi connectivity index (χ1) is 8.31. The molecule has 3 N–H and O–H groups in total. The van der Waals surface area contributed by atoms with Gasteiger partial charge in [0.05, 0.1) is 18.0 Å². The predicted molar refractivity (Wildman–Crippen MR) is 66.1 cm³/mol. The lowest BCUT2D eigenvalue weighted by Crippen LogP contribution is -2.10. The molecule has 2 rings (SSSR count). The molecule has 0 aliphatic carbocycles. The van der Waals surface area contributed by atoms with Gasteiger partial charge in [-0.2, -0.15) is 0 Å². The summed E-state index contributed by atoms with van der Waals surface area (Å²) in [6.07, 6.45) is 3.27. The highest BCUT2D eigenvalue weighted by Gasteiger charge is 2.04. The zero-order valence-corrected chi connectivity index (χ0v) is 9.63. The van der Waals surface area contributed by atoms with Crippen molar-refractivity contribution in [3.63, 3.8) is 0 Å². The van der Waals surface area contributed by atoms with Gasteiger partial charge in [0.15, 0.2) is 0 Å². The fourth-order valence-electron chi connectivity index (χ4n) is 1.52. The number of rotatable bonds is 5. The maximum absolute atomic E-state index is 5.78. The highest BCUT2D eigenvalue weighted by molar-refractivity contribution is 5.66. The number of nitrogens with one attached hydrogen (secondary N) is 1. The highest BCUT2D eigenvalue weighted by Crippen LogP contribution is 2.22. The lowest BCUT2D eigenvalue weighted by atomic mass is 10.2. The van der Waals surface area contributed by atoms with Gasteiger partial charge in [-0.1, -0.05) is 0 Å². The zero-order chi connectivity index (χ0) is 12.1. The van der Waals surface area contributed by atoms with E-state index in [-0.39, 0.29) is 0 Å². The van der Waals surface area contributed by atoms with Crippen molar-refractivity contribution in [2.75, 3.05) is 31.3 Å². The topological polar surface area (TPSA) is 78.0 Å². The lowest BCUT2D eigenvalue weighted by Gasteiger charge is -2.12.